The number of anilines is 3. The van der Waals surface area contributed by atoms with Crippen molar-refractivity contribution in [2.24, 2.45) is 0 Å². The molecule has 0 spiro atoms. The lowest BCUT2D eigenvalue weighted by atomic mass is 10.3. The molecule has 1 aromatic heterocycles. The smallest absolute Gasteiger partial charge is 0.267 e. The Hall–Kier alpha value is -2.15. The fourth-order valence-corrected chi connectivity index (χ4v) is 3.26. The van der Waals surface area contributed by atoms with Gasteiger partial charge in [-0.3, -0.25) is 4.79 Å². The summed E-state index contributed by atoms with van der Waals surface area (Å²) in [6.07, 6.45) is 0. The molecule has 0 unspecified atom stereocenters. The van der Waals surface area contributed by atoms with Crippen LogP contribution in [0.15, 0.2) is 42.5 Å². The van der Waals surface area contributed by atoms with Crippen LogP contribution in [0.25, 0.3) is 0 Å². The van der Waals surface area contributed by atoms with Crippen molar-refractivity contribution in [3.63, 3.8) is 0 Å². The Morgan fingerprint density at radius 2 is 1.76 bits per heavy atom. The van der Waals surface area contributed by atoms with Crippen LogP contribution in [-0.2, 0) is 0 Å². The first-order valence-corrected chi connectivity index (χ1v) is 8.76. The molecule has 0 saturated heterocycles. The second-order valence-corrected chi connectivity index (χ2v) is 6.96. The molecule has 8 heteroatoms. The first kappa shape index (κ1) is 17.7. The minimum Gasteiger partial charge on any atom is -0.332 e. The van der Waals surface area contributed by atoms with Gasteiger partial charge in [0.2, 0.25) is 0 Å². The van der Waals surface area contributed by atoms with Crippen LogP contribution in [0, 0.1) is 12.7 Å². The third-order valence-electron chi connectivity index (χ3n) is 3.28. The molecule has 0 fully saturated rings. The summed E-state index contributed by atoms with van der Waals surface area (Å²) in [5.41, 5.74) is 1.82. The molecule has 1 heterocycles. The van der Waals surface area contributed by atoms with Crippen molar-refractivity contribution < 1.29 is 9.18 Å². The highest BCUT2D eigenvalue weighted by Crippen LogP contribution is 2.28. The second kappa shape index (κ2) is 7.39. The van der Waals surface area contributed by atoms with Crippen molar-refractivity contribution in [2.45, 2.75) is 6.92 Å². The fraction of sp³-hybridized carbons (Fsp3) is 0.0588. The van der Waals surface area contributed by atoms with Gasteiger partial charge in [-0.25, -0.2) is 9.37 Å². The highest BCUT2D eigenvalue weighted by atomic mass is 35.5. The van der Waals surface area contributed by atoms with Crippen molar-refractivity contribution in [1.29, 1.82) is 0 Å². The molecule has 0 atom stereocenters. The lowest BCUT2D eigenvalue weighted by molar-refractivity contribution is 0.103. The van der Waals surface area contributed by atoms with Crippen molar-refractivity contribution in [3.05, 3.63) is 68.9 Å². The normalized spacial score (nSPS) is 10.6. The van der Waals surface area contributed by atoms with Gasteiger partial charge < -0.3 is 10.6 Å². The summed E-state index contributed by atoms with van der Waals surface area (Å²) in [6, 6.07) is 10.8. The van der Waals surface area contributed by atoms with Gasteiger partial charge in [0.1, 0.15) is 10.7 Å². The first-order valence-electron chi connectivity index (χ1n) is 7.19. The Morgan fingerprint density at radius 1 is 1.08 bits per heavy atom. The summed E-state index contributed by atoms with van der Waals surface area (Å²) in [5, 5.41) is 7.13. The number of aromatic nitrogens is 1. The Labute approximate surface area is 157 Å². The molecule has 2 N–H and O–H groups in total. The Morgan fingerprint density at radius 3 is 2.44 bits per heavy atom. The van der Waals surface area contributed by atoms with E-state index in [-0.39, 0.29) is 11.7 Å². The standard InChI is InChI=1S/C17H12Cl2FN3OS/c1-9-15(16(24)22-12-6-7-13(18)14(19)8-12)25-17(21-9)23-11-4-2-10(20)3-5-11/h2-8H,1H3,(H,21,23)(H,22,24). The van der Waals surface area contributed by atoms with Crippen molar-refractivity contribution in [3.8, 4) is 0 Å². The Kier molecular flexibility index (Phi) is 5.22. The first-order chi connectivity index (χ1) is 11.9. The van der Waals surface area contributed by atoms with Crippen LogP contribution >= 0.6 is 34.5 Å². The highest BCUT2D eigenvalue weighted by Gasteiger charge is 2.16. The molecule has 25 heavy (non-hydrogen) atoms. The van der Waals surface area contributed by atoms with Gasteiger partial charge >= 0.3 is 0 Å². The lowest BCUT2D eigenvalue weighted by Gasteiger charge is -2.05. The molecule has 3 rings (SSSR count). The van der Waals surface area contributed by atoms with Crippen molar-refractivity contribution in [2.75, 3.05) is 10.6 Å². The minimum atomic E-state index is -0.317. The molecule has 0 aliphatic rings. The number of thiazole rings is 1. The van der Waals surface area contributed by atoms with Crippen LogP contribution in [0.2, 0.25) is 10.0 Å². The number of carbonyl (C=O) groups is 1. The number of carbonyl (C=O) groups excluding carboxylic acids is 1. The molecule has 0 radical (unpaired) electrons. The lowest BCUT2D eigenvalue weighted by Crippen LogP contribution is -2.11. The highest BCUT2D eigenvalue weighted by molar-refractivity contribution is 7.17. The number of hydrogen-bond acceptors (Lipinski definition) is 4. The second-order valence-electron chi connectivity index (χ2n) is 5.15. The van der Waals surface area contributed by atoms with Crippen LogP contribution in [0.4, 0.5) is 20.9 Å². The number of hydrogen-bond donors (Lipinski definition) is 2. The summed E-state index contributed by atoms with van der Waals surface area (Å²) >= 11 is 13.0. The molecule has 2 aromatic carbocycles. The molecule has 0 saturated carbocycles. The van der Waals surface area contributed by atoms with Crippen LogP contribution in [0.1, 0.15) is 15.4 Å². The average Bonchev–Trinajstić information content (AvgIpc) is 2.94. The van der Waals surface area contributed by atoms with Crippen LogP contribution in [0.5, 0.6) is 0 Å². The summed E-state index contributed by atoms with van der Waals surface area (Å²) < 4.78 is 12.9. The van der Waals surface area contributed by atoms with Gasteiger partial charge in [0.05, 0.1) is 15.7 Å². The third-order valence-corrected chi connectivity index (χ3v) is 5.09. The molecular formula is C17H12Cl2FN3OS. The van der Waals surface area contributed by atoms with E-state index >= 15 is 0 Å². The van der Waals surface area contributed by atoms with Gasteiger partial charge in [0, 0.05) is 11.4 Å². The predicted molar refractivity (Wildman–Crippen MR) is 101 cm³/mol. The van der Waals surface area contributed by atoms with Crippen LogP contribution < -0.4 is 10.6 Å². The third kappa shape index (κ3) is 4.28. The molecule has 3 aromatic rings. The maximum atomic E-state index is 12.9. The van der Waals surface area contributed by atoms with Gasteiger partial charge in [-0.05, 0) is 49.4 Å². The van der Waals surface area contributed by atoms with Gasteiger partial charge in [-0.15, -0.1) is 0 Å². The monoisotopic (exact) mass is 395 g/mol. The van der Waals surface area contributed by atoms with Crippen molar-refractivity contribution in [1.82, 2.24) is 4.98 Å². The fourth-order valence-electron chi connectivity index (χ4n) is 2.08. The number of aryl methyl sites for hydroxylation is 1. The van der Waals surface area contributed by atoms with Gasteiger partial charge in [-0.2, -0.15) is 0 Å². The van der Waals surface area contributed by atoms with E-state index in [9.17, 15) is 9.18 Å². The van der Waals surface area contributed by atoms with Crippen LogP contribution in [-0.4, -0.2) is 10.9 Å². The summed E-state index contributed by atoms with van der Waals surface area (Å²) in [4.78, 5) is 17.2. The largest absolute Gasteiger partial charge is 0.332 e. The van der Waals surface area contributed by atoms with E-state index in [1.54, 1.807) is 37.3 Å². The van der Waals surface area contributed by atoms with E-state index in [2.05, 4.69) is 15.6 Å². The maximum absolute atomic E-state index is 12.9. The van der Waals surface area contributed by atoms with Gasteiger partial charge in [0.15, 0.2) is 5.13 Å². The molecule has 0 aliphatic heterocycles. The molecular weight excluding hydrogens is 384 g/mol. The zero-order valence-corrected chi connectivity index (χ0v) is 15.3. The molecule has 0 bridgehead atoms. The zero-order valence-electron chi connectivity index (χ0n) is 12.9. The van der Waals surface area contributed by atoms with E-state index in [1.807, 2.05) is 0 Å². The van der Waals surface area contributed by atoms with Gasteiger partial charge in [0.25, 0.3) is 5.91 Å². The van der Waals surface area contributed by atoms with Gasteiger partial charge in [-0.1, -0.05) is 34.5 Å². The molecule has 0 aliphatic carbocycles. The van der Waals surface area contributed by atoms with E-state index < -0.39 is 0 Å². The van der Waals surface area contributed by atoms with E-state index in [1.165, 1.54) is 23.5 Å². The van der Waals surface area contributed by atoms with E-state index in [0.717, 1.165) is 0 Å². The summed E-state index contributed by atoms with van der Waals surface area (Å²) in [7, 11) is 0. The Balaban J connectivity index is 1.75. The summed E-state index contributed by atoms with van der Waals surface area (Å²) in [6.45, 7) is 1.75. The van der Waals surface area contributed by atoms with Crippen LogP contribution in [0.3, 0.4) is 0 Å². The SMILES string of the molecule is Cc1nc(Nc2ccc(F)cc2)sc1C(=O)Nc1ccc(Cl)c(Cl)c1. The minimum absolute atomic E-state index is 0.291. The maximum Gasteiger partial charge on any atom is 0.267 e. The number of nitrogens with one attached hydrogen (secondary N) is 2. The molecule has 4 nitrogen and oxygen atoms in total. The topological polar surface area (TPSA) is 54.0 Å². The molecule has 1 amide bonds. The van der Waals surface area contributed by atoms with E-state index in [0.29, 0.717) is 37.1 Å². The Bertz CT molecular complexity index is 928. The quantitative estimate of drug-likeness (QED) is 0.578. The van der Waals surface area contributed by atoms with Crippen molar-refractivity contribution >= 4 is 57.0 Å². The average molecular weight is 396 g/mol. The number of halogens is 3. The zero-order chi connectivity index (χ0) is 18.0. The molecule has 128 valence electrons. The number of benzene rings is 2. The number of rotatable bonds is 4. The van der Waals surface area contributed by atoms with E-state index in [4.69, 9.17) is 23.2 Å². The summed E-state index contributed by atoms with van der Waals surface area (Å²) in [5.74, 6) is -0.608. The predicted octanol–water partition coefficient (Wildman–Crippen LogP) is 5.89. The number of nitrogens with zero attached hydrogens (tertiary/aromatic N) is 1. The number of amides is 1.